The minimum Gasteiger partial charge on any atom is -0.465 e. The van der Waals surface area contributed by atoms with Crippen molar-refractivity contribution < 1.29 is 14.7 Å². The van der Waals surface area contributed by atoms with Crippen LogP contribution in [0, 0.1) is 5.92 Å². The molecule has 2 heterocycles. The zero-order valence-electron chi connectivity index (χ0n) is 9.43. The number of halogens is 1. The van der Waals surface area contributed by atoms with Crippen LogP contribution in [0.25, 0.3) is 0 Å². The Kier molecular flexibility index (Phi) is 4.03. The van der Waals surface area contributed by atoms with E-state index in [2.05, 4.69) is 10.3 Å². The van der Waals surface area contributed by atoms with Crippen LogP contribution in [-0.4, -0.2) is 46.6 Å². The van der Waals surface area contributed by atoms with Gasteiger partial charge in [-0.3, -0.25) is 4.79 Å². The molecular formula is C10H12ClN3O3S. The molecule has 0 bridgehead atoms. The molecule has 0 spiro atoms. The molecule has 1 aliphatic heterocycles. The Morgan fingerprint density at radius 1 is 1.67 bits per heavy atom. The number of amides is 2. The molecule has 1 atom stereocenters. The molecule has 0 unspecified atom stereocenters. The molecule has 1 saturated heterocycles. The lowest BCUT2D eigenvalue weighted by atomic mass is 10.1. The molecule has 1 aromatic rings. The van der Waals surface area contributed by atoms with Gasteiger partial charge in [0.15, 0.2) is 4.47 Å². The van der Waals surface area contributed by atoms with Gasteiger partial charge in [-0.1, -0.05) is 11.6 Å². The van der Waals surface area contributed by atoms with Gasteiger partial charge in [0.05, 0.1) is 0 Å². The maximum atomic E-state index is 11.7. The number of likely N-dealkylation sites (tertiary alicyclic amines) is 1. The van der Waals surface area contributed by atoms with Gasteiger partial charge in [-0.25, -0.2) is 9.78 Å². The minimum absolute atomic E-state index is 0.166. The van der Waals surface area contributed by atoms with E-state index in [1.807, 2.05) is 0 Å². The summed E-state index contributed by atoms with van der Waals surface area (Å²) >= 11 is 6.84. The van der Waals surface area contributed by atoms with E-state index in [4.69, 9.17) is 16.7 Å². The molecule has 6 nitrogen and oxygen atoms in total. The minimum atomic E-state index is -0.907. The van der Waals surface area contributed by atoms with E-state index < -0.39 is 6.09 Å². The molecule has 18 heavy (non-hydrogen) atoms. The Morgan fingerprint density at radius 2 is 2.44 bits per heavy atom. The predicted molar refractivity (Wildman–Crippen MR) is 67.2 cm³/mol. The van der Waals surface area contributed by atoms with Gasteiger partial charge in [0.2, 0.25) is 0 Å². The quantitative estimate of drug-likeness (QED) is 0.884. The molecule has 0 aliphatic carbocycles. The van der Waals surface area contributed by atoms with Crippen molar-refractivity contribution in [3.8, 4) is 0 Å². The van der Waals surface area contributed by atoms with Crippen LogP contribution in [0.5, 0.6) is 0 Å². The highest BCUT2D eigenvalue weighted by Crippen LogP contribution is 2.17. The van der Waals surface area contributed by atoms with E-state index in [1.165, 1.54) is 16.2 Å². The first kappa shape index (κ1) is 13.1. The van der Waals surface area contributed by atoms with Crippen molar-refractivity contribution in [1.82, 2.24) is 15.2 Å². The standard InChI is InChI=1S/C10H12ClN3O3S/c11-9-13-7(5-18-9)8(15)12-3-6-1-2-14(4-6)10(16)17/h5-6H,1-4H2,(H,12,15)(H,16,17)/t6-/m1/s1. The summed E-state index contributed by atoms with van der Waals surface area (Å²) in [5, 5.41) is 13.1. The second kappa shape index (κ2) is 5.53. The number of carbonyl (C=O) groups excluding carboxylic acids is 1. The SMILES string of the molecule is O=C(NC[C@H]1CCN(C(=O)O)C1)c1csc(Cl)n1. The van der Waals surface area contributed by atoms with Gasteiger partial charge in [0.1, 0.15) is 5.69 Å². The summed E-state index contributed by atoms with van der Waals surface area (Å²) in [5.41, 5.74) is 0.304. The zero-order valence-corrected chi connectivity index (χ0v) is 11.0. The summed E-state index contributed by atoms with van der Waals surface area (Å²) in [5.74, 6) is -0.105. The van der Waals surface area contributed by atoms with Crippen molar-refractivity contribution in [2.24, 2.45) is 5.92 Å². The van der Waals surface area contributed by atoms with E-state index in [1.54, 1.807) is 5.38 Å². The van der Waals surface area contributed by atoms with E-state index in [-0.39, 0.29) is 11.8 Å². The Hall–Kier alpha value is -1.34. The smallest absolute Gasteiger partial charge is 0.407 e. The number of carbonyl (C=O) groups is 2. The first-order valence-corrected chi connectivity index (χ1v) is 6.69. The van der Waals surface area contributed by atoms with Crippen LogP contribution >= 0.6 is 22.9 Å². The lowest BCUT2D eigenvalue weighted by Gasteiger charge is -2.12. The maximum Gasteiger partial charge on any atom is 0.407 e. The van der Waals surface area contributed by atoms with Gasteiger partial charge < -0.3 is 15.3 Å². The summed E-state index contributed by atoms with van der Waals surface area (Å²) in [6.45, 7) is 1.45. The number of rotatable bonds is 3. The van der Waals surface area contributed by atoms with Crippen LogP contribution < -0.4 is 5.32 Å². The monoisotopic (exact) mass is 289 g/mol. The predicted octanol–water partition coefficient (Wildman–Crippen LogP) is 1.53. The molecule has 0 aromatic carbocycles. The van der Waals surface area contributed by atoms with Crippen LogP contribution in [0.3, 0.4) is 0 Å². The number of nitrogens with one attached hydrogen (secondary N) is 1. The second-order valence-corrected chi connectivity index (χ2v) is 5.52. The topological polar surface area (TPSA) is 82.5 Å². The molecule has 1 aromatic heterocycles. The van der Waals surface area contributed by atoms with Crippen molar-refractivity contribution in [3.05, 3.63) is 15.5 Å². The molecule has 1 fully saturated rings. The highest BCUT2D eigenvalue weighted by atomic mass is 35.5. The van der Waals surface area contributed by atoms with Crippen molar-refractivity contribution in [2.75, 3.05) is 19.6 Å². The van der Waals surface area contributed by atoms with Crippen molar-refractivity contribution in [1.29, 1.82) is 0 Å². The number of nitrogens with zero attached hydrogens (tertiary/aromatic N) is 2. The molecule has 2 N–H and O–H groups in total. The van der Waals surface area contributed by atoms with Gasteiger partial charge in [-0.15, -0.1) is 11.3 Å². The van der Waals surface area contributed by atoms with Gasteiger partial charge >= 0.3 is 6.09 Å². The third-order valence-electron chi connectivity index (χ3n) is 2.82. The second-order valence-electron chi connectivity index (χ2n) is 4.08. The molecule has 0 saturated carbocycles. The summed E-state index contributed by atoms with van der Waals surface area (Å²) in [7, 11) is 0. The summed E-state index contributed by atoms with van der Waals surface area (Å²) < 4.78 is 0.332. The lowest BCUT2D eigenvalue weighted by Crippen LogP contribution is -2.32. The lowest BCUT2D eigenvalue weighted by molar-refractivity contribution is 0.0943. The fourth-order valence-corrected chi connectivity index (χ4v) is 2.60. The molecule has 98 valence electrons. The van der Waals surface area contributed by atoms with Crippen LogP contribution in [0.2, 0.25) is 4.47 Å². The van der Waals surface area contributed by atoms with Gasteiger partial charge in [-0.05, 0) is 12.3 Å². The Balaban J connectivity index is 1.79. The highest BCUT2D eigenvalue weighted by Gasteiger charge is 2.26. The molecule has 8 heteroatoms. The average molecular weight is 290 g/mol. The van der Waals surface area contributed by atoms with E-state index >= 15 is 0 Å². The van der Waals surface area contributed by atoms with Crippen LogP contribution in [0.4, 0.5) is 4.79 Å². The molecule has 1 aliphatic rings. The zero-order chi connectivity index (χ0) is 13.1. The Bertz CT molecular complexity index is 465. The number of aromatic nitrogens is 1. The first-order chi connectivity index (χ1) is 8.56. The summed E-state index contributed by atoms with van der Waals surface area (Å²) in [4.78, 5) is 27.6. The third-order valence-corrected chi connectivity index (χ3v) is 3.80. The summed E-state index contributed by atoms with van der Waals surface area (Å²) in [6, 6.07) is 0. The maximum absolute atomic E-state index is 11.7. The van der Waals surface area contributed by atoms with Gasteiger partial charge in [-0.2, -0.15) is 0 Å². The van der Waals surface area contributed by atoms with Gasteiger partial charge in [0.25, 0.3) is 5.91 Å². The Labute approximate surface area is 113 Å². The van der Waals surface area contributed by atoms with Crippen molar-refractivity contribution >= 4 is 34.9 Å². The van der Waals surface area contributed by atoms with Gasteiger partial charge in [0, 0.05) is 25.0 Å². The fourth-order valence-electron chi connectivity index (χ4n) is 1.86. The van der Waals surface area contributed by atoms with Crippen LogP contribution in [0.15, 0.2) is 5.38 Å². The fraction of sp³-hybridized carbons (Fsp3) is 0.500. The summed E-state index contributed by atoms with van der Waals surface area (Å²) in [6.07, 6.45) is -0.139. The number of hydrogen-bond acceptors (Lipinski definition) is 4. The molecular weight excluding hydrogens is 278 g/mol. The van der Waals surface area contributed by atoms with Crippen molar-refractivity contribution in [2.45, 2.75) is 6.42 Å². The largest absolute Gasteiger partial charge is 0.465 e. The highest BCUT2D eigenvalue weighted by molar-refractivity contribution is 7.14. The number of hydrogen-bond donors (Lipinski definition) is 2. The van der Waals surface area contributed by atoms with E-state index in [0.29, 0.717) is 29.8 Å². The van der Waals surface area contributed by atoms with Crippen molar-refractivity contribution in [3.63, 3.8) is 0 Å². The molecule has 2 rings (SSSR count). The first-order valence-electron chi connectivity index (χ1n) is 5.43. The van der Waals surface area contributed by atoms with E-state index in [0.717, 1.165) is 6.42 Å². The molecule has 0 radical (unpaired) electrons. The third kappa shape index (κ3) is 3.11. The normalized spacial score (nSPS) is 18.9. The number of thiazole rings is 1. The van der Waals surface area contributed by atoms with Crippen LogP contribution in [-0.2, 0) is 0 Å². The molecule has 2 amide bonds. The Morgan fingerprint density at radius 3 is 3.00 bits per heavy atom. The average Bonchev–Trinajstić information content (AvgIpc) is 2.94. The van der Waals surface area contributed by atoms with E-state index in [9.17, 15) is 9.59 Å². The number of carboxylic acid groups (broad SMARTS) is 1. The van der Waals surface area contributed by atoms with Crippen LogP contribution in [0.1, 0.15) is 16.9 Å².